The van der Waals surface area contributed by atoms with Crippen molar-refractivity contribution >= 4 is 12.2 Å². The first-order chi connectivity index (χ1) is 15.4. The van der Waals surface area contributed by atoms with Crippen molar-refractivity contribution in [3.05, 3.63) is 63.1 Å². The number of carbonyl (C=O) groups is 2. The summed E-state index contributed by atoms with van der Waals surface area (Å²) >= 11 is 0. The average Bonchev–Trinajstić information content (AvgIpc) is 3.00. The Morgan fingerprint density at radius 3 is 2.69 bits per heavy atom. The third kappa shape index (κ3) is 4.15. The van der Waals surface area contributed by atoms with E-state index in [1.165, 1.54) is 16.8 Å². The van der Waals surface area contributed by atoms with Crippen molar-refractivity contribution in [2.75, 3.05) is 13.1 Å². The molecule has 2 aliphatic heterocycles. The van der Waals surface area contributed by atoms with Crippen LogP contribution in [0.4, 0.5) is 8.78 Å². The number of aromatic hydroxyl groups is 1. The van der Waals surface area contributed by atoms with Crippen molar-refractivity contribution < 1.29 is 23.5 Å². The van der Waals surface area contributed by atoms with E-state index in [9.17, 15) is 28.3 Å². The van der Waals surface area contributed by atoms with Gasteiger partial charge in [-0.05, 0) is 18.9 Å². The Kier molecular flexibility index (Phi) is 6.33. The molecule has 0 spiro atoms. The van der Waals surface area contributed by atoms with Gasteiger partial charge in [-0.15, -0.1) is 0 Å². The van der Waals surface area contributed by atoms with Crippen LogP contribution in [0.15, 0.2) is 29.2 Å². The molecule has 1 amide bonds. The lowest BCUT2D eigenvalue weighted by Gasteiger charge is -2.39. The van der Waals surface area contributed by atoms with Crippen LogP contribution in [-0.2, 0) is 18.0 Å². The fourth-order valence-corrected chi connectivity index (χ4v) is 4.24. The summed E-state index contributed by atoms with van der Waals surface area (Å²) in [5.74, 6) is -2.56. The zero-order chi connectivity index (χ0) is 22.8. The van der Waals surface area contributed by atoms with Gasteiger partial charge in [0, 0.05) is 55.5 Å². The lowest BCUT2D eigenvalue weighted by atomic mass is 10.0. The Morgan fingerprint density at radius 1 is 1.16 bits per heavy atom. The van der Waals surface area contributed by atoms with Crippen molar-refractivity contribution in [2.45, 2.75) is 44.9 Å². The molecule has 8 nitrogen and oxygen atoms in total. The zero-order valence-electron chi connectivity index (χ0n) is 17.4. The average molecular weight is 446 g/mol. The molecule has 0 radical (unpaired) electrons. The van der Waals surface area contributed by atoms with Crippen molar-refractivity contribution in [3.63, 3.8) is 0 Å². The normalized spacial score (nSPS) is 17.4. The second-order valence-electron chi connectivity index (χ2n) is 8.01. The Morgan fingerprint density at radius 2 is 1.94 bits per heavy atom. The largest absolute Gasteiger partial charge is 0.503 e. The molecule has 2 aliphatic rings. The van der Waals surface area contributed by atoms with Crippen LogP contribution in [0.2, 0.25) is 0 Å². The number of aromatic nitrogens is 1. The molecule has 1 aromatic carbocycles. The number of nitrogens with one attached hydrogen (secondary N) is 1. The van der Waals surface area contributed by atoms with E-state index in [4.69, 9.17) is 0 Å². The minimum Gasteiger partial charge on any atom is -0.503 e. The Hall–Kier alpha value is -3.11. The number of hydrogen-bond donors (Lipinski definition) is 2. The number of aldehydes is 1. The van der Waals surface area contributed by atoms with Crippen LogP contribution < -0.4 is 10.7 Å². The summed E-state index contributed by atoms with van der Waals surface area (Å²) in [6.07, 6.45) is 4.73. The number of nitrogens with zero attached hydrogens (tertiary/aromatic N) is 3. The summed E-state index contributed by atoms with van der Waals surface area (Å²) in [5.41, 5.74) is -0.574. The van der Waals surface area contributed by atoms with Crippen LogP contribution in [-0.4, -0.2) is 45.0 Å². The van der Waals surface area contributed by atoms with Gasteiger partial charge in [-0.3, -0.25) is 14.6 Å². The Labute approximate surface area is 183 Å². The van der Waals surface area contributed by atoms with Crippen LogP contribution in [0.1, 0.15) is 53.3 Å². The maximum Gasteiger partial charge on any atom is 0.288 e. The molecular weight excluding hydrogens is 422 g/mol. The van der Waals surface area contributed by atoms with E-state index in [1.54, 1.807) is 5.01 Å². The molecule has 0 bridgehead atoms. The molecule has 1 fully saturated rings. The third-order valence-electron chi connectivity index (χ3n) is 5.93. The van der Waals surface area contributed by atoms with Crippen molar-refractivity contribution in [1.29, 1.82) is 0 Å². The number of hydrogen-bond acceptors (Lipinski definition) is 6. The molecule has 1 atom stereocenters. The van der Waals surface area contributed by atoms with Crippen LogP contribution in [0, 0.1) is 11.6 Å². The summed E-state index contributed by atoms with van der Waals surface area (Å²) in [4.78, 5) is 37.2. The van der Waals surface area contributed by atoms with E-state index in [0.717, 1.165) is 31.4 Å². The Balaban J connectivity index is 1.66. The molecule has 1 unspecified atom stereocenters. The van der Waals surface area contributed by atoms with Gasteiger partial charge in [0.15, 0.2) is 11.4 Å². The fourth-order valence-electron chi connectivity index (χ4n) is 4.24. The summed E-state index contributed by atoms with van der Waals surface area (Å²) < 4.78 is 28.7. The number of fused-ring (bicyclic) bond motifs is 2. The van der Waals surface area contributed by atoms with Gasteiger partial charge in [-0.25, -0.2) is 8.78 Å². The maximum absolute atomic E-state index is 14.0. The standard InChI is InChI=1S/C22H24F2N4O4/c23-15-5-4-14(17(24)10-15)11-25-18(6-9-29)16-12-26-13-27-7-2-1-3-8-28(27)22(32)19(26)21(31)20(16)30/h4-5,9-10,12,18,25,31H,1-3,6-8,11,13H2. The molecular formula is C22H24F2N4O4. The molecule has 2 aromatic rings. The number of pyridine rings is 1. The highest BCUT2D eigenvalue weighted by Crippen LogP contribution is 2.27. The van der Waals surface area contributed by atoms with Gasteiger partial charge in [0.2, 0.25) is 5.43 Å². The first-order valence-electron chi connectivity index (χ1n) is 10.5. The van der Waals surface area contributed by atoms with Gasteiger partial charge >= 0.3 is 0 Å². The molecule has 32 heavy (non-hydrogen) atoms. The second-order valence-corrected chi connectivity index (χ2v) is 8.01. The predicted octanol–water partition coefficient (Wildman–Crippen LogP) is 2.07. The van der Waals surface area contributed by atoms with E-state index >= 15 is 0 Å². The van der Waals surface area contributed by atoms with Gasteiger partial charge < -0.3 is 19.8 Å². The molecule has 2 N–H and O–H groups in total. The lowest BCUT2D eigenvalue weighted by molar-refractivity contribution is -0.108. The molecule has 10 heteroatoms. The minimum absolute atomic E-state index is 0.0641. The van der Waals surface area contributed by atoms with Gasteiger partial charge in [-0.2, -0.15) is 5.01 Å². The fraction of sp³-hybridized carbons (Fsp3) is 0.409. The summed E-state index contributed by atoms with van der Waals surface area (Å²) in [6.45, 7) is 1.41. The van der Waals surface area contributed by atoms with Gasteiger partial charge in [-0.1, -0.05) is 12.5 Å². The number of halogens is 2. The maximum atomic E-state index is 14.0. The lowest BCUT2D eigenvalue weighted by Crippen LogP contribution is -2.52. The SMILES string of the molecule is O=CCC(NCc1ccc(F)cc1F)c1cn2c(c(O)c1=O)C(=O)N1CCCCCN1C2. The zero-order valence-corrected chi connectivity index (χ0v) is 17.4. The van der Waals surface area contributed by atoms with Crippen LogP contribution in [0.5, 0.6) is 5.75 Å². The molecule has 4 rings (SSSR count). The van der Waals surface area contributed by atoms with Gasteiger partial charge in [0.25, 0.3) is 5.91 Å². The van der Waals surface area contributed by atoms with Crippen molar-refractivity contribution in [1.82, 2.24) is 19.9 Å². The minimum atomic E-state index is -0.828. The van der Waals surface area contributed by atoms with Gasteiger partial charge in [0.05, 0.1) is 6.67 Å². The topological polar surface area (TPSA) is 94.9 Å². The second kappa shape index (κ2) is 9.17. The summed E-state index contributed by atoms with van der Waals surface area (Å²) in [6, 6.07) is 2.32. The quantitative estimate of drug-likeness (QED) is 0.660. The molecule has 170 valence electrons. The van der Waals surface area contributed by atoms with E-state index in [1.807, 2.05) is 5.01 Å². The molecule has 0 aliphatic carbocycles. The van der Waals surface area contributed by atoms with Crippen LogP contribution >= 0.6 is 0 Å². The van der Waals surface area contributed by atoms with Gasteiger partial charge in [0.1, 0.15) is 17.9 Å². The first kappa shape index (κ1) is 22.1. The molecule has 1 saturated heterocycles. The molecule has 1 aromatic heterocycles. The number of benzene rings is 1. The Bertz CT molecular complexity index is 1100. The smallest absolute Gasteiger partial charge is 0.288 e. The monoisotopic (exact) mass is 446 g/mol. The predicted molar refractivity (Wildman–Crippen MR) is 111 cm³/mol. The molecule has 0 saturated carbocycles. The van der Waals surface area contributed by atoms with E-state index in [2.05, 4.69) is 5.32 Å². The summed E-state index contributed by atoms with van der Waals surface area (Å²) in [7, 11) is 0. The highest BCUT2D eigenvalue weighted by atomic mass is 19.1. The van der Waals surface area contributed by atoms with Crippen LogP contribution in [0.3, 0.4) is 0 Å². The number of rotatable bonds is 6. The van der Waals surface area contributed by atoms with Crippen LogP contribution in [0.25, 0.3) is 0 Å². The van der Waals surface area contributed by atoms with E-state index < -0.39 is 34.8 Å². The third-order valence-corrected chi connectivity index (χ3v) is 5.93. The summed E-state index contributed by atoms with van der Waals surface area (Å²) in [5, 5.41) is 17.0. The van der Waals surface area contributed by atoms with E-state index in [0.29, 0.717) is 19.4 Å². The molecule has 3 heterocycles. The number of amides is 1. The highest BCUT2D eigenvalue weighted by Gasteiger charge is 2.35. The number of hydrazine groups is 1. The van der Waals surface area contributed by atoms with E-state index in [-0.39, 0.29) is 36.5 Å². The number of carbonyl (C=O) groups excluding carboxylic acids is 2. The van der Waals surface area contributed by atoms with Crippen molar-refractivity contribution in [2.24, 2.45) is 0 Å². The first-order valence-corrected chi connectivity index (χ1v) is 10.5. The van der Waals surface area contributed by atoms with Crippen molar-refractivity contribution in [3.8, 4) is 5.75 Å². The highest BCUT2D eigenvalue weighted by molar-refractivity contribution is 5.95.